The summed E-state index contributed by atoms with van der Waals surface area (Å²) in [7, 11) is 0. The summed E-state index contributed by atoms with van der Waals surface area (Å²) in [5, 5.41) is 2.38. The molecule has 0 bridgehead atoms. The van der Waals surface area contributed by atoms with Crippen molar-refractivity contribution in [1.82, 2.24) is 10.3 Å². The molecule has 1 amide bonds. The van der Waals surface area contributed by atoms with Gasteiger partial charge in [-0.05, 0) is 24.5 Å². The zero-order valence-electron chi connectivity index (χ0n) is 13.1. The van der Waals surface area contributed by atoms with Gasteiger partial charge in [-0.3, -0.25) is 4.79 Å². The van der Waals surface area contributed by atoms with Gasteiger partial charge in [-0.15, -0.1) is 0 Å². The number of nitrogens with zero attached hydrogens (tertiary/aromatic N) is 1. The summed E-state index contributed by atoms with van der Waals surface area (Å²) in [5.41, 5.74) is -4.08. The van der Waals surface area contributed by atoms with Crippen LogP contribution >= 0.6 is 0 Å². The van der Waals surface area contributed by atoms with Gasteiger partial charge in [-0.2, -0.15) is 26.3 Å². The lowest BCUT2D eigenvalue weighted by atomic mass is 10.1. The van der Waals surface area contributed by atoms with Crippen molar-refractivity contribution in [2.24, 2.45) is 5.92 Å². The molecule has 1 aromatic heterocycles. The number of carbonyl (C=O) groups excluding carboxylic acids is 1. The summed E-state index contributed by atoms with van der Waals surface area (Å²) in [5.74, 6) is -2.46. The molecule has 0 fully saturated rings. The highest BCUT2D eigenvalue weighted by Crippen LogP contribution is 2.43. The van der Waals surface area contributed by atoms with Crippen molar-refractivity contribution in [3.05, 3.63) is 23.9 Å². The topological polar surface area (TPSA) is 54.0 Å². The number of nitrogens with one attached hydrogen (secondary N) is 2. The molecular weight excluding hydrogens is 340 g/mol. The highest BCUT2D eigenvalue weighted by atomic mass is 19.4. The monoisotopic (exact) mass is 357 g/mol. The molecule has 0 aliphatic carbocycles. The number of amides is 1. The molecule has 2 N–H and O–H groups in total. The van der Waals surface area contributed by atoms with Crippen LogP contribution < -0.4 is 10.6 Å². The van der Waals surface area contributed by atoms with Crippen LogP contribution in [0.3, 0.4) is 0 Å². The number of carbonyl (C=O) groups is 1. The molecule has 0 unspecified atom stereocenters. The van der Waals surface area contributed by atoms with Crippen LogP contribution in [0.4, 0.5) is 32.2 Å². The summed E-state index contributed by atoms with van der Waals surface area (Å²) in [4.78, 5) is 15.1. The Morgan fingerprint density at radius 1 is 1.12 bits per heavy atom. The predicted octanol–water partition coefficient (Wildman–Crippen LogP) is 3.79. The van der Waals surface area contributed by atoms with Crippen LogP contribution in [0.25, 0.3) is 0 Å². The molecule has 1 heterocycles. The van der Waals surface area contributed by atoms with Crippen LogP contribution in [-0.4, -0.2) is 28.9 Å². The quantitative estimate of drug-likeness (QED) is 0.623. The van der Waals surface area contributed by atoms with Crippen molar-refractivity contribution in [3.63, 3.8) is 0 Å². The molecule has 0 saturated heterocycles. The zero-order valence-corrected chi connectivity index (χ0v) is 13.1. The maximum Gasteiger partial charge on any atom is 0.439 e. The summed E-state index contributed by atoms with van der Waals surface area (Å²) in [6.45, 7) is 4.57. The fourth-order valence-electron chi connectivity index (χ4n) is 1.84. The molecule has 0 aliphatic rings. The Balaban J connectivity index is 3.31. The molecule has 1 rings (SSSR count). The van der Waals surface area contributed by atoms with Gasteiger partial charge in [0, 0.05) is 12.6 Å². The van der Waals surface area contributed by atoms with Gasteiger partial charge in [-0.1, -0.05) is 19.9 Å². The van der Waals surface area contributed by atoms with Crippen LogP contribution in [0.2, 0.25) is 0 Å². The molecular formula is C14H17F6N3O. The van der Waals surface area contributed by atoms with E-state index in [1.165, 1.54) is 25.2 Å². The Morgan fingerprint density at radius 3 is 2.04 bits per heavy atom. The van der Waals surface area contributed by atoms with E-state index in [0.29, 0.717) is 5.56 Å². The normalized spacial score (nSPS) is 13.1. The summed E-state index contributed by atoms with van der Waals surface area (Å²) >= 11 is 0. The van der Waals surface area contributed by atoms with E-state index in [0.717, 1.165) is 17.6 Å². The number of aryl methyl sites for hydroxylation is 1. The molecule has 24 heavy (non-hydrogen) atoms. The molecule has 1 aromatic rings. The van der Waals surface area contributed by atoms with Gasteiger partial charge in [-0.25, -0.2) is 4.98 Å². The fourth-order valence-corrected chi connectivity index (χ4v) is 1.84. The maximum atomic E-state index is 13.3. The molecule has 10 heteroatoms. The molecule has 0 radical (unpaired) electrons. The highest BCUT2D eigenvalue weighted by Gasteiger charge is 2.72. The number of halogens is 6. The number of hydrogen-bond donors (Lipinski definition) is 2. The van der Waals surface area contributed by atoms with Crippen molar-refractivity contribution in [3.8, 4) is 0 Å². The van der Waals surface area contributed by atoms with Gasteiger partial charge in [0.15, 0.2) is 0 Å². The average Bonchev–Trinajstić information content (AvgIpc) is 2.36. The number of anilines is 1. The second-order valence-electron chi connectivity index (χ2n) is 5.74. The first kappa shape index (κ1) is 20.0. The Hall–Kier alpha value is -2.00. The molecule has 0 aromatic carbocycles. The number of hydrogen-bond acceptors (Lipinski definition) is 3. The molecule has 0 saturated carbocycles. The summed E-state index contributed by atoms with van der Waals surface area (Å²) < 4.78 is 79.9. The van der Waals surface area contributed by atoms with Crippen molar-refractivity contribution in [2.75, 3.05) is 5.32 Å². The van der Waals surface area contributed by atoms with Gasteiger partial charge >= 0.3 is 18.0 Å². The van der Waals surface area contributed by atoms with Crippen LogP contribution in [-0.2, 0) is 4.79 Å². The van der Waals surface area contributed by atoms with Crippen molar-refractivity contribution in [1.29, 1.82) is 0 Å². The van der Waals surface area contributed by atoms with Crippen molar-refractivity contribution in [2.45, 2.75) is 45.2 Å². The van der Waals surface area contributed by atoms with Gasteiger partial charge in [0.25, 0.3) is 0 Å². The first-order valence-corrected chi connectivity index (χ1v) is 6.94. The average molecular weight is 357 g/mol. The summed E-state index contributed by atoms with van der Waals surface area (Å²) in [6.07, 6.45) is -11.1. The first-order valence-electron chi connectivity index (χ1n) is 6.94. The van der Waals surface area contributed by atoms with E-state index in [1.54, 1.807) is 6.92 Å². The van der Waals surface area contributed by atoms with E-state index in [2.05, 4.69) is 4.98 Å². The minimum Gasteiger partial charge on any atom is -0.332 e. The number of rotatable bonds is 5. The third-order valence-electron chi connectivity index (χ3n) is 3.00. The van der Waals surface area contributed by atoms with E-state index in [9.17, 15) is 31.1 Å². The number of aromatic nitrogens is 1. The van der Waals surface area contributed by atoms with Gasteiger partial charge in [0.2, 0.25) is 5.91 Å². The van der Waals surface area contributed by atoms with E-state index in [4.69, 9.17) is 0 Å². The fraction of sp³-hybridized carbons (Fsp3) is 0.571. The SMILES string of the molecule is Cc1ccc(NC(NC(=O)CC(C)C)(C(F)(F)F)C(F)(F)F)nc1. The number of alkyl halides is 6. The standard InChI is InChI=1S/C14H17F6N3O/c1-8(2)6-11(24)23-12(13(15,16)17,14(18,19)20)22-10-5-4-9(3)7-21-10/h4-5,7-8H,6H2,1-3H3,(H,21,22)(H,23,24). The molecule has 136 valence electrons. The van der Waals surface area contributed by atoms with Crippen LogP contribution in [0.5, 0.6) is 0 Å². The Morgan fingerprint density at radius 2 is 1.67 bits per heavy atom. The van der Waals surface area contributed by atoms with E-state index < -0.39 is 42.1 Å². The van der Waals surface area contributed by atoms with Crippen LogP contribution in [0.15, 0.2) is 18.3 Å². The zero-order chi connectivity index (χ0) is 18.8. The summed E-state index contributed by atoms with van der Waals surface area (Å²) in [6, 6.07) is 2.26. The predicted molar refractivity (Wildman–Crippen MR) is 75.0 cm³/mol. The maximum absolute atomic E-state index is 13.3. The van der Waals surface area contributed by atoms with Gasteiger partial charge in [0.05, 0.1) is 0 Å². The van der Waals surface area contributed by atoms with E-state index in [1.807, 2.05) is 0 Å². The third-order valence-corrected chi connectivity index (χ3v) is 3.00. The second-order valence-corrected chi connectivity index (χ2v) is 5.74. The Kier molecular flexibility index (Phi) is 5.73. The van der Waals surface area contributed by atoms with Crippen LogP contribution in [0, 0.1) is 12.8 Å². The highest BCUT2D eigenvalue weighted by molar-refractivity contribution is 5.77. The molecule has 4 nitrogen and oxygen atoms in total. The van der Waals surface area contributed by atoms with E-state index >= 15 is 0 Å². The molecule has 0 aliphatic heterocycles. The lowest BCUT2D eigenvalue weighted by Gasteiger charge is -2.38. The minimum atomic E-state index is -5.84. The van der Waals surface area contributed by atoms with Crippen molar-refractivity contribution < 1.29 is 31.1 Å². The first-order chi connectivity index (χ1) is 10.8. The minimum absolute atomic E-state index is 0.415. The third kappa shape index (κ3) is 4.51. The number of pyridine rings is 1. The van der Waals surface area contributed by atoms with E-state index in [-0.39, 0.29) is 0 Å². The van der Waals surface area contributed by atoms with Crippen LogP contribution in [0.1, 0.15) is 25.8 Å². The Labute approximate surface area is 134 Å². The second kappa shape index (κ2) is 6.86. The van der Waals surface area contributed by atoms with Gasteiger partial charge in [0.1, 0.15) is 5.82 Å². The van der Waals surface area contributed by atoms with Crippen molar-refractivity contribution >= 4 is 11.7 Å². The van der Waals surface area contributed by atoms with Gasteiger partial charge < -0.3 is 10.6 Å². The largest absolute Gasteiger partial charge is 0.439 e. The Bertz CT molecular complexity index is 551. The lowest BCUT2D eigenvalue weighted by molar-refractivity contribution is -0.296. The smallest absolute Gasteiger partial charge is 0.332 e. The lowest BCUT2D eigenvalue weighted by Crippen LogP contribution is -2.72. The molecule has 0 atom stereocenters. The molecule has 0 spiro atoms.